The van der Waals surface area contributed by atoms with Crippen LogP contribution in [0.15, 0.2) is 23.4 Å². The molecule has 0 amide bonds. The molecule has 1 saturated carbocycles. The van der Waals surface area contributed by atoms with Gasteiger partial charge in [-0.25, -0.2) is 0 Å². The van der Waals surface area contributed by atoms with Crippen molar-refractivity contribution >= 4 is 5.84 Å². The van der Waals surface area contributed by atoms with Gasteiger partial charge in [0.1, 0.15) is 11.5 Å². The number of amidine groups is 1. The van der Waals surface area contributed by atoms with Gasteiger partial charge in [-0.2, -0.15) is 0 Å². The molecule has 116 valence electrons. The first kappa shape index (κ1) is 15.5. The van der Waals surface area contributed by atoms with Crippen molar-refractivity contribution in [3.8, 4) is 11.5 Å². The Morgan fingerprint density at radius 1 is 1.33 bits per heavy atom. The second-order valence-corrected chi connectivity index (χ2v) is 6.33. The fourth-order valence-electron chi connectivity index (χ4n) is 2.66. The lowest BCUT2D eigenvalue weighted by Gasteiger charge is -2.34. The average molecular weight is 292 g/mol. The van der Waals surface area contributed by atoms with E-state index in [9.17, 15) is 0 Å². The number of hydrogen-bond acceptors (Lipinski definition) is 4. The zero-order chi connectivity index (χ0) is 15.5. The van der Waals surface area contributed by atoms with Gasteiger partial charge in [0, 0.05) is 6.07 Å². The van der Waals surface area contributed by atoms with E-state index >= 15 is 0 Å². The minimum Gasteiger partial charge on any atom is -0.497 e. The molecule has 1 aromatic rings. The van der Waals surface area contributed by atoms with Crippen LogP contribution in [-0.4, -0.2) is 24.3 Å². The zero-order valence-corrected chi connectivity index (χ0v) is 12.9. The number of benzene rings is 1. The maximum atomic E-state index is 8.89. The smallest absolute Gasteiger partial charge is 0.173 e. The van der Waals surface area contributed by atoms with E-state index in [0.29, 0.717) is 22.5 Å². The van der Waals surface area contributed by atoms with Crippen LogP contribution in [0.1, 0.15) is 45.1 Å². The summed E-state index contributed by atoms with van der Waals surface area (Å²) in [6.07, 6.45) is 4.47. The number of ether oxygens (including phenoxy) is 2. The van der Waals surface area contributed by atoms with Crippen LogP contribution in [0, 0.1) is 5.41 Å². The fourth-order valence-corrected chi connectivity index (χ4v) is 2.66. The summed E-state index contributed by atoms with van der Waals surface area (Å²) in [5.41, 5.74) is 6.69. The van der Waals surface area contributed by atoms with Gasteiger partial charge in [-0.3, -0.25) is 0 Å². The SMILES string of the molecule is COc1ccc(/C(N)=N/O)c(OC2CCC(C)(C)CC2)c1. The molecule has 5 nitrogen and oxygen atoms in total. The predicted octanol–water partition coefficient (Wildman–Crippen LogP) is 3.14. The molecule has 0 spiro atoms. The first-order valence-corrected chi connectivity index (χ1v) is 7.28. The number of methoxy groups -OCH3 is 1. The van der Waals surface area contributed by atoms with E-state index in [1.165, 1.54) is 0 Å². The Kier molecular flexibility index (Phi) is 4.60. The van der Waals surface area contributed by atoms with Crippen LogP contribution in [0.5, 0.6) is 11.5 Å². The highest BCUT2D eigenvalue weighted by Crippen LogP contribution is 2.37. The number of nitrogens with two attached hydrogens (primary N) is 1. The molecule has 1 aromatic carbocycles. The third-order valence-corrected chi connectivity index (χ3v) is 4.15. The molecule has 2 rings (SSSR count). The van der Waals surface area contributed by atoms with Gasteiger partial charge in [0.25, 0.3) is 0 Å². The summed E-state index contributed by atoms with van der Waals surface area (Å²) >= 11 is 0. The van der Waals surface area contributed by atoms with Crippen LogP contribution in [0.3, 0.4) is 0 Å². The Labute approximate surface area is 125 Å². The molecule has 0 unspecified atom stereocenters. The fraction of sp³-hybridized carbons (Fsp3) is 0.562. The number of oxime groups is 1. The van der Waals surface area contributed by atoms with Crippen molar-refractivity contribution in [1.82, 2.24) is 0 Å². The number of hydrogen-bond donors (Lipinski definition) is 2. The lowest BCUT2D eigenvalue weighted by Crippen LogP contribution is -2.29. The highest BCUT2D eigenvalue weighted by molar-refractivity contribution is 5.99. The molecule has 0 radical (unpaired) electrons. The summed E-state index contributed by atoms with van der Waals surface area (Å²) in [5.74, 6) is 1.34. The van der Waals surface area contributed by atoms with Gasteiger partial charge in [-0.1, -0.05) is 19.0 Å². The Bertz CT molecular complexity index is 516. The van der Waals surface area contributed by atoms with E-state index in [2.05, 4.69) is 19.0 Å². The highest BCUT2D eigenvalue weighted by Gasteiger charge is 2.28. The van der Waals surface area contributed by atoms with Gasteiger partial charge in [-0.05, 0) is 43.2 Å². The maximum Gasteiger partial charge on any atom is 0.173 e. The average Bonchev–Trinajstić information content (AvgIpc) is 2.48. The maximum absolute atomic E-state index is 8.89. The molecule has 1 aliphatic rings. The molecule has 0 bridgehead atoms. The van der Waals surface area contributed by atoms with Gasteiger partial charge in [-0.15, -0.1) is 0 Å². The minimum absolute atomic E-state index is 0.0452. The van der Waals surface area contributed by atoms with E-state index < -0.39 is 0 Å². The Morgan fingerprint density at radius 3 is 2.57 bits per heavy atom. The standard InChI is InChI=1S/C16H24N2O3/c1-16(2)8-6-11(7-9-16)21-14-10-12(20-3)4-5-13(14)15(17)18-19/h4-5,10-11,19H,6-9H2,1-3H3,(H2,17,18). The summed E-state index contributed by atoms with van der Waals surface area (Å²) in [4.78, 5) is 0. The molecular weight excluding hydrogens is 268 g/mol. The van der Waals surface area contributed by atoms with E-state index in [4.69, 9.17) is 20.4 Å². The Balaban J connectivity index is 2.18. The summed E-state index contributed by atoms with van der Waals surface area (Å²) in [5, 5.41) is 12.0. The zero-order valence-electron chi connectivity index (χ0n) is 12.9. The Morgan fingerprint density at radius 2 is 2.00 bits per heavy atom. The van der Waals surface area contributed by atoms with Crippen molar-refractivity contribution < 1.29 is 14.7 Å². The van der Waals surface area contributed by atoms with Crippen LogP contribution in [-0.2, 0) is 0 Å². The van der Waals surface area contributed by atoms with E-state index in [-0.39, 0.29) is 11.9 Å². The lowest BCUT2D eigenvalue weighted by molar-refractivity contribution is 0.0983. The molecule has 21 heavy (non-hydrogen) atoms. The number of nitrogens with zero attached hydrogens (tertiary/aromatic N) is 1. The summed E-state index contributed by atoms with van der Waals surface area (Å²) in [7, 11) is 1.60. The highest BCUT2D eigenvalue weighted by atomic mass is 16.5. The van der Waals surface area contributed by atoms with Crippen molar-refractivity contribution in [3.63, 3.8) is 0 Å². The summed E-state index contributed by atoms with van der Waals surface area (Å²) in [6, 6.07) is 5.30. The Hall–Kier alpha value is -1.91. The lowest BCUT2D eigenvalue weighted by atomic mass is 9.76. The molecule has 0 aliphatic heterocycles. The molecule has 0 heterocycles. The third kappa shape index (κ3) is 3.80. The van der Waals surface area contributed by atoms with Crippen LogP contribution in [0.25, 0.3) is 0 Å². The topological polar surface area (TPSA) is 77.1 Å². The van der Waals surface area contributed by atoms with Crippen molar-refractivity contribution in [2.45, 2.75) is 45.6 Å². The van der Waals surface area contributed by atoms with Crippen LogP contribution >= 0.6 is 0 Å². The van der Waals surface area contributed by atoms with Crippen LogP contribution < -0.4 is 15.2 Å². The van der Waals surface area contributed by atoms with E-state index in [1.807, 2.05) is 0 Å². The quantitative estimate of drug-likeness (QED) is 0.387. The minimum atomic E-state index is 0.0452. The summed E-state index contributed by atoms with van der Waals surface area (Å²) < 4.78 is 11.3. The van der Waals surface area contributed by atoms with Gasteiger partial charge in [0.15, 0.2) is 5.84 Å². The van der Waals surface area contributed by atoms with Crippen molar-refractivity contribution in [1.29, 1.82) is 0 Å². The van der Waals surface area contributed by atoms with Crippen LogP contribution in [0.4, 0.5) is 0 Å². The van der Waals surface area contributed by atoms with Crippen molar-refractivity contribution in [2.75, 3.05) is 7.11 Å². The van der Waals surface area contributed by atoms with Gasteiger partial charge < -0.3 is 20.4 Å². The van der Waals surface area contributed by atoms with E-state index in [0.717, 1.165) is 25.7 Å². The van der Waals surface area contributed by atoms with Crippen molar-refractivity contribution in [2.24, 2.45) is 16.3 Å². The monoisotopic (exact) mass is 292 g/mol. The van der Waals surface area contributed by atoms with Gasteiger partial charge in [0.05, 0.1) is 18.8 Å². The van der Waals surface area contributed by atoms with Crippen molar-refractivity contribution in [3.05, 3.63) is 23.8 Å². The molecule has 0 saturated heterocycles. The molecule has 3 N–H and O–H groups in total. The van der Waals surface area contributed by atoms with E-state index in [1.54, 1.807) is 25.3 Å². The summed E-state index contributed by atoms with van der Waals surface area (Å²) in [6.45, 7) is 4.58. The molecule has 1 aliphatic carbocycles. The largest absolute Gasteiger partial charge is 0.497 e. The normalized spacial score (nSPS) is 19.3. The first-order chi connectivity index (χ1) is 9.95. The molecule has 0 atom stereocenters. The first-order valence-electron chi connectivity index (χ1n) is 7.28. The number of rotatable bonds is 4. The predicted molar refractivity (Wildman–Crippen MR) is 82.2 cm³/mol. The van der Waals surface area contributed by atoms with Gasteiger partial charge in [0.2, 0.25) is 0 Å². The molecule has 0 aromatic heterocycles. The van der Waals surface area contributed by atoms with Crippen LogP contribution in [0.2, 0.25) is 0 Å². The molecular formula is C16H24N2O3. The van der Waals surface area contributed by atoms with Gasteiger partial charge >= 0.3 is 0 Å². The third-order valence-electron chi connectivity index (χ3n) is 4.15. The second-order valence-electron chi connectivity index (χ2n) is 6.33. The molecule has 5 heteroatoms. The molecule has 1 fully saturated rings. The second kappa shape index (κ2) is 6.24.